The number of esters is 2. The number of likely N-dealkylation sites (tertiary alicyclic amines) is 1. The number of allylic oxidation sites excluding steroid dienone is 2. The highest BCUT2D eigenvalue weighted by Crippen LogP contribution is 2.40. The third-order valence-corrected chi connectivity index (χ3v) is 7.96. The Bertz CT molecular complexity index is 1360. The van der Waals surface area contributed by atoms with Crippen molar-refractivity contribution in [2.75, 3.05) is 40.0 Å². The molecule has 1 aliphatic carbocycles. The molecule has 12 heteroatoms. The molecule has 232 valence electrons. The number of nitro groups is 1. The summed E-state index contributed by atoms with van der Waals surface area (Å²) in [5.74, 6) is -4.05. The van der Waals surface area contributed by atoms with E-state index in [0.717, 1.165) is 31.4 Å². The second-order valence-electron chi connectivity index (χ2n) is 10.9. The van der Waals surface area contributed by atoms with Crippen molar-refractivity contribution in [1.29, 1.82) is 0 Å². The number of benzene rings is 1. The van der Waals surface area contributed by atoms with Crippen LogP contribution < -0.4 is 5.32 Å². The molecule has 1 aromatic rings. The minimum Gasteiger partial charge on any atom is -0.466 e. The van der Waals surface area contributed by atoms with Crippen molar-refractivity contribution in [2.45, 2.75) is 57.3 Å². The monoisotopic (exact) mass is 597 g/mol. The first kappa shape index (κ1) is 32.1. The Balaban J connectivity index is 1.36. The standard InChI is InChI=1S/C31H39N3O9/c1-20-26(29(35)41-3)28(23-7-6-8-24(19-23)34(39)40)27(21(2)32-20)30(36)43-18-17-42-16-15-33-14-5-4-9-25(33)22-10-12-31(37,38)13-11-22/h6-8,10-12,19,25,28,32,37-38H,4-5,9,13-18H2,1-3H3. The van der Waals surface area contributed by atoms with Gasteiger partial charge in [-0.2, -0.15) is 0 Å². The summed E-state index contributed by atoms with van der Waals surface area (Å²) >= 11 is 0. The first-order chi connectivity index (χ1) is 20.5. The molecule has 0 radical (unpaired) electrons. The quantitative estimate of drug-likeness (QED) is 0.113. The van der Waals surface area contributed by atoms with Crippen molar-refractivity contribution in [1.82, 2.24) is 10.2 Å². The number of aliphatic hydroxyl groups is 2. The first-order valence-corrected chi connectivity index (χ1v) is 14.4. The maximum Gasteiger partial charge on any atom is 0.336 e. The molecule has 1 saturated heterocycles. The fourth-order valence-electron chi connectivity index (χ4n) is 5.87. The van der Waals surface area contributed by atoms with Gasteiger partial charge in [-0.1, -0.05) is 30.7 Å². The van der Waals surface area contributed by atoms with Crippen LogP contribution in [0.1, 0.15) is 51.0 Å². The van der Waals surface area contributed by atoms with Gasteiger partial charge in [0.05, 0.1) is 42.3 Å². The van der Waals surface area contributed by atoms with E-state index >= 15 is 0 Å². The number of hydrogen-bond acceptors (Lipinski definition) is 11. The average molecular weight is 598 g/mol. The summed E-state index contributed by atoms with van der Waals surface area (Å²) in [5.41, 5.74) is 2.56. The van der Waals surface area contributed by atoms with Crippen LogP contribution in [0.4, 0.5) is 5.69 Å². The number of hydrogen-bond donors (Lipinski definition) is 3. The summed E-state index contributed by atoms with van der Waals surface area (Å²) in [6.45, 7) is 5.49. The molecular formula is C31H39N3O9. The van der Waals surface area contributed by atoms with Gasteiger partial charge in [0.1, 0.15) is 6.61 Å². The van der Waals surface area contributed by atoms with Gasteiger partial charge in [0.25, 0.3) is 5.69 Å². The van der Waals surface area contributed by atoms with Gasteiger partial charge in [0, 0.05) is 42.5 Å². The van der Waals surface area contributed by atoms with Crippen molar-refractivity contribution in [3.63, 3.8) is 0 Å². The predicted molar refractivity (Wildman–Crippen MR) is 156 cm³/mol. The van der Waals surface area contributed by atoms with Crippen LogP contribution in [0.2, 0.25) is 0 Å². The lowest BCUT2D eigenvalue weighted by Crippen LogP contribution is -2.43. The normalized spacial score (nSPS) is 22.1. The number of piperidine rings is 1. The van der Waals surface area contributed by atoms with Crippen LogP contribution in [0.25, 0.3) is 0 Å². The average Bonchev–Trinajstić information content (AvgIpc) is 2.98. The SMILES string of the molecule is COC(=O)C1=C(C)NC(C)=C(C(=O)OCCOCCN2CCCCC2C2=CCC(O)(O)C=C2)C1c1cccc([N+](=O)[O-])c1. The molecule has 0 bridgehead atoms. The third-order valence-electron chi connectivity index (χ3n) is 7.96. The van der Waals surface area contributed by atoms with Crippen LogP contribution in [0.5, 0.6) is 0 Å². The fraction of sp³-hybridized carbons (Fsp3) is 0.484. The summed E-state index contributed by atoms with van der Waals surface area (Å²) in [4.78, 5) is 39.4. The zero-order valence-electron chi connectivity index (χ0n) is 24.7. The molecule has 3 aliphatic rings. The van der Waals surface area contributed by atoms with Gasteiger partial charge in [0.15, 0.2) is 5.79 Å². The van der Waals surface area contributed by atoms with Gasteiger partial charge in [0.2, 0.25) is 0 Å². The van der Waals surface area contributed by atoms with E-state index in [9.17, 15) is 29.9 Å². The highest BCUT2D eigenvalue weighted by atomic mass is 16.6. The number of rotatable bonds is 11. The Labute approximate surface area is 250 Å². The number of dihydropyridines is 1. The van der Waals surface area contributed by atoms with E-state index in [1.807, 2.05) is 6.08 Å². The predicted octanol–water partition coefficient (Wildman–Crippen LogP) is 2.98. The summed E-state index contributed by atoms with van der Waals surface area (Å²) < 4.78 is 16.3. The lowest BCUT2D eigenvalue weighted by atomic mass is 9.80. The van der Waals surface area contributed by atoms with Gasteiger partial charge in [-0.3, -0.25) is 15.0 Å². The maximum absolute atomic E-state index is 13.4. The van der Waals surface area contributed by atoms with E-state index in [4.69, 9.17) is 14.2 Å². The number of carbonyl (C=O) groups is 2. The van der Waals surface area contributed by atoms with Gasteiger partial charge >= 0.3 is 11.9 Å². The summed E-state index contributed by atoms with van der Waals surface area (Å²) in [5, 5.41) is 34.1. The molecule has 0 amide bonds. The van der Waals surface area contributed by atoms with E-state index in [1.165, 1.54) is 31.4 Å². The number of carbonyl (C=O) groups excluding carboxylic acids is 2. The van der Waals surface area contributed by atoms with Crippen LogP contribution in [-0.4, -0.2) is 83.8 Å². The van der Waals surface area contributed by atoms with E-state index in [0.29, 0.717) is 30.1 Å². The molecule has 4 rings (SSSR count). The Morgan fingerprint density at radius 2 is 1.86 bits per heavy atom. The minimum atomic E-state index is -1.79. The van der Waals surface area contributed by atoms with Gasteiger partial charge in [-0.25, -0.2) is 9.59 Å². The Kier molecular flexibility index (Phi) is 10.5. The number of nitrogens with zero attached hydrogens (tertiary/aromatic N) is 2. The number of non-ortho nitro benzene ring substituents is 1. The van der Waals surface area contributed by atoms with Crippen LogP contribution in [-0.2, 0) is 23.8 Å². The molecule has 3 N–H and O–H groups in total. The van der Waals surface area contributed by atoms with E-state index in [2.05, 4.69) is 10.2 Å². The lowest BCUT2D eigenvalue weighted by molar-refractivity contribution is -0.384. The zero-order valence-corrected chi connectivity index (χ0v) is 24.7. The first-order valence-electron chi connectivity index (χ1n) is 14.4. The summed E-state index contributed by atoms with van der Waals surface area (Å²) in [6, 6.07) is 6.00. The molecule has 0 aromatic heterocycles. The summed E-state index contributed by atoms with van der Waals surface area (Å²) in [6.07, 6.45) is 8.40. The topological polar surface area (TPSA) is 161 Å². The van der Waals surface area contributed by atoms with Crippen molar-refractivity contribution in [3.8, 4) is 0 Å². The number of methoxy groups -OCH3 is 1. The van der Waals surface area contributed by atoms with Crippen LogP contribution in [0.3, 0.4) is 0 Å². The second-order valence-corrected chi connectivity index (χ2v) is 10.9. The van der Waals surface area contributed by atoms with E-state index < -0.39 is 28.6 Å². The molecule has 1 aromatic carbocycles. The lowest BCUT2D eigenvalue weighted by Gasteiger charge is -2.37. The van der Waals surface area contributed by atoms with Gasteiger partial charge in [-0.15, -0.1) is 0 Å². The van der Waals surface area contributed by atoms with Gasteiger partial charge in [-0.05, 0) is 50.4 Å². The Hall–Kier alpha value is -3.84. The highest BCUT2D eigenvalue weighted by molar-refractivity contribution is 5.99. The molecule has 2 unspecified atom stereocenters. The number of nitrogens with one attached hydrogen (secondary N) is 1. The second kappa shape index (κ2) is 14.1. The molecule has 1 fully saturated rings. The fourth-order valence-corrected chi connectivity index (χ4v) is 5.87. The Morgan fingerprint density at radius 1 is 1.12 bits per heavy atom. The van der Waals surface area contributed by atoms with E-state index in [1.54, 1.807) is 26.0 Å². The minimum absolute atomic E-state index is 0.0279. The molecule has 0 saturated carbocycles. The molecule has 12 nitrogen and oxygen atoms in total. The Morgan fingerprint density at radius 3 is 2.53 bits per heavy atom. The molecule has 2 heterocycles. The molecule has 2 aliphatic heterocycles. The molecule has 2 atom stereocenters. The zero-order chi connectivity index (χ0) is 31.1. The van der Waals surface area contributed by atoms with Crippen LogP contribution in [0.15, 0.2) is 70.6 Å². The van der Waals surface area contributed by atoms with Crippen LogP contribution in [0, 0.1) is 10.1 Å². The van der Waals surface area contributed by atoms with Crippen molar-refractivity contribution >= 4 is 17.6 Å². The maximum atomic E-state index is 13.4. The molecule has 0 spiro atoms. The smallest absolute Gasteiger partial charge is 0.336 e. The van der Waals surface area contributed by atoms with Gasteiger partial charge < -0.3 is 29.7 Å². The number of nitro benzene ring substituents is 1. The van der Waals surface area contributed by atoms with Crippen molar-refractivity contribution < 1.29 is 38.9 Å². The highest BCUT2D eigenvalue weighted by Gasteiger charge is 2.38. The van der Waals surface area contributed by atoms with Crippen molar-refractivity contribution in [2.24, 2.45) is 0 Å². The number of ether oxygens (including phenoxy) is 3. The third kappa shape index (κ3) is 7.77. The van der Waals surface area contributed by atoms with Crippen molar-refractivity contribution in [3.05, 3.63) is 86.3 Å². The summed E-state index contributed by atoms with van der Waals surface area (Å²) in [7, 11) is 1.23. The largest absolute Gasteiger partial charge is 0.466 e. The van der Waals surface area contributed by atoms with Crippen LogP contribution >= 0.6 is 0 Å². The molecule has 43 heavy (non-hydrogen) atoms. The molecular weight excluding hydrogens is 558 g/mol. The van der Waals surface area contributed by atoms with E-state index in [-0.39, 0.29) is 42.5 Å².